The summed E-state index contributed by atoms with van der Waals surface area (Å²) in [5, 5.41) is 5.30. The van der Waals surface area contributed by atoms with Crippen LogP contribution in [0.25, 0.3) is 10.9 Å². The first-order chi connectivity index (χ1) is 8.08. The van der Waals surface area contributed by atoms with Gasteiger partial charge in [-0.15, -0.1) is 0 Å². The van der Waals surface area contributed by atoms with Crippen molar-refractivity contribution >= 4 is 51.5 Å². The van der Waals surface area contributed by atoms with Crippen molar-refractivity contribution < 1.29 is 0 Å². The first-order valence-electron chi connectivity index (χ1n) is 5.23. The maximum Gasteiger partial charge on any atom is 0.129 e. The van der Waals surface area contributed by atoms with Crippen molar-refractivity contribution in [2.45, 2.75) is 13.3 Å². The Morgan fingerprint density at radius 1 is 1.18 bits per heavy atom. The molecule has 0 atom stereocenters. The fraction of sp³-hybridized carbons (Fsp3) is 0.250. The van der Waals surface area contributed by atoms with Crippen LogP contribution in [0.2, 0.25) is 15.1 Å². The highest BCUT2D eigenvalue weighted by Crippen LogP contribution is 2.36. The molecule has 2 aromatic rings. The summed E-state index contributed by atoms with van der Waals surface area (Å²) in [6.45, 7) is 2.06. The second kappa shape index (κ2) is 4.89. The molecule has 0 spiro atoms. The molecule has 0 radical (unpaired) electrons. The van der Waals surface area contributed by atoms with Gasteiger partial charge < -0.3 is 5.32 Å². The van der Waals surface area contributed by atoms with Crippen LogP contribution < -0.4 is 5.32 Å². The van der Waals surface area contributed by atoms with Gasteiger partial charge in [-0.2, -0.15) is 0 Å². The molecule has 2 nitrogen and oxygen atoms in total. The van der Waals surface area contributed by atoms with Crippen molar-refractivity contribution in [3.05, 3.63) is 32.8 Å². The fourth-order valence-corrected chi connectivity index (χ4v) is 2.48. The van der Waals surface area contributed by atoms with Crippen LogP contribution in [0.15, 0.2) is 12.1 Å². The van der Waals surface area contributed by atoms with Crippen molar-refractivity contribution in [3.8, 4) is 0 Å². The lowest BCUT2D eigenvalue weighted by molar-refractivity contribution is 1.12. The van der Waals surface area contributed by atoms with E-state index in [1.165, 1.54) is 0 Å². The standard InChI is InChI=1S/C12H11Cl3N2/c1-3-6-4-7-10(15)8(13)5-9(14)11(7)17-12(6)16-2/h4-5H,3H2,1-2H3,(H,16,17). The molecule has 0 aliphatic heterocycles. The first-order valence-corrected chi connectivity index (χ1v) is 6.36. The molecule has 0 saturated heterocycles. The van der Waals surface area contributed by atoms with Crippen LogP contribution in [-0.4, -0.2) is 12.0 Å². The highest BCUT2D eigenvalue weighted by Gasteiger charge is 2.12. The van der Waals surface area contributed by atoms with E-state index in [0.29, 0.717) is 20.6 Å². The highest BCUT2D eigenvalue weighted by atomic mass is 35.5. The molecule has 0 aliphatic rings. The summed E-state index contributed by atoms with van der Waals surface area (Å²) in [6, 6.07) is 3.60. The third-order valence-electron chi connectivity index (χ3n) is 2.64. The predicted octanol–water partition coefficient (Wildman–Crippen LogP) is 4.80. The smallest absolute Gasteiger partial charge is 0.129 e. The Balaban J connectivity index is 2.87. The third kappa shape index (κ3) is 2.17. The minimum atomic E-state index is 0.449. The number of aryl methyl sites for hydroxylation is 1. The Labute approximate surface area is 115 Å². The number of pyridine rings is 1. The third-order valence-corrected chi connectivity index (χ3v) is 3.74. The summed E-state index contributed by atoms with van der Waals surface area (Å²) in [4.78, 5) is 4.48. The zero-order valence-electron chi connectivity index (χ0n) is 9.44. The van der Waals surface area contributed by atoms with Crippen molar-refractivity contribution in [3.63, 3.8) is 0 Å². The van der Waals surface area contributed by atoms with E-state index in [1.54, 1.807) is 6.07 Å². The largest absolute Gasteiger partial charge is 0.373 e. The minimum absolute atomic E-state index is 0.449. The number of hydrogen-bond donors (Lipinski definition) is 1. The van der Waals surface area contributed by atoms with Gasteiger partial charge in [0.2, 0.25) is 0 Å². The lowest BCUT2D eigenvalue weighted by atomic mass is 10.1. The zero-order chi connectivity index (χ0) is 12.6. The lowest BCUT2D eigenvalue weighted by Gasteiger charge is -2.11. The van der Waals surface area contributed by atoms with Crippen LogP contribution in [0.3, 0.4) is 0 Å². The fourth-order valence-electron chi connectivity index (χ4n) is 1.76. The van der Waals surface area contributed by atoms with E-state index in [4.69, 9.17) is 34.8 Å². The topological polar surface area (TPSA) is 24.9 Å². The average molecular weight is 290 g/mol. The van der Waals surface area contributed by atoms with E-state index in [1.807, 2.05) is 13.1 Å². The number of fused-ring (bicyclic) bond motifs is 1. The molecule has 0 saturated carbocycles. The van der Waals surface area contributed by atoms with Crippen molar-refractivity contribution in [2.24, 2.45) is 0 Å². The molecule has 0 amide bonds. The van der Waals surface area contributed by atoms with E-state index in [9.17, 15) is 0 Å². The number of benzene rings is 1. The van der Waals surface area contributed by atoms with Crippen molar-refractivity contribution in [1.82, 2.24) is 4.98 Å². The Morgan fingerprint density at radius 2 is 1.88 bits per heavy atom. The Kier molecular flexibility index (Phi) is 3.67. The van der Waals surface area contributed by atoms with Crippen molar-refractivity contribution in [2.75, 3.05) is 12.4 Å². The van der Waals surface area contributed by atoms with Crippen LogP contribution in [-0.2, 0) is 6.42 Å². The first kappa shape index (κ1) is 12.7. The van der Waals surface area contributed by atoms with Gasteiger partial charge in [0.25, 0.3) is 0 Å². The van der Waals surface area contributed by atoms with Crippen molar-refractivity contribution in [1.29, 1.82) is 0 Å². The summed E-state index contributed by atoms with van der Waals surface area (Å²) >= 11 is 18.3. The van der Waals surface area contributed by atoms with Crippen LogP contribution >= 0.6 is 34.8 Å². The normalized spacial score (nSPS) is 10.9. The van der Waals surface area contributed by atoms with Gasteiger partial charge >= 0.3 is 0 Å². The quantitative estimate of drug-likeness (QED) is 0.803. The number of nitrogens with zero attached hydrogens (tertiary/aromatic N) is 1. The van der Waals surface area contributed by atoms with E-state index < -0.39 is 0 Å². The molecule has 1 aromatic carbocycles. The molecular formula is C12H11Cl3N2. The Hall–Kier alpha value is -0.700. The molecule has 0 bridgehead atoms. The number of rotatable bonds is 2. The molecule has 1 heterocycles. The maximum absolute atomic E-state index is 6.17. The van der Waals surface area contributed by atoms with Crippen LogP contribution in [0.1, 0.15) is 12.5 Å². The average Bonchev–Trinajstić information content (AvgIpc) is 2.34. The lowest BCUT2D eigenvalue weighted by Crippen LogP contribution is -1.99. The van der Waals surface area contributed by atoms with E-state index >= 15 is 0 Å². The number of hydrogen-bond acceptors (Lipinski definition) is 2. The van der Waals surface area contributed by atoms with E-state index in [2.05, 4.69) is 17.2 Å². The van der Waals surface area contributed by atoms with Gasteiger partial charge in [0.1, 0.15) is 5.82 Å². The minimum Gasteiger partial charge on any atom is -0.373 e. The summed E-state index contributed by atoms with van der Waals surface area (Å²) in [6.07, 6.45) is 0.861. The molecule has 5 heteroatoms. The van der Waals surface area contributed by atoms with Gasteiger partial charge in [-0.3, -0.25) is 0 Å². The molecule has 2 rings (SSSR count). The summed E-state index contributed by atoms with van der Waals surface area (Å²) in [7, 11) is 1.83. The van der Waals surface area contributed by atoms with Gasteiger partial charge in [0.05, 0.1) is 20.6 Å². The van der Waals surface area contributed by atoms with Gasteiger partial charge in [-0.25, -0.2) is 4.98 Å². The number of aromatic nitrogens is 1. The SMILES string of the molecule is CCc1cc2c(Cl)c(Cl)cc(Cl)c2nc1NC. The highest BCUT2D eigenvalue weighted by molar-refractivity contribution is 6.47. The predicted molar refractivity (Wildman–Crippen MR) is 75.7 cm³/mol. The summed E-state index contributed by atoms with van der Waals surface area (Å²) in [5.41, 5.74) is 1.75. The number of halogens is 3. The second-order valence-electron chi connectivity index (χ2n) is 3.65. The molecular weight excluding hydrogens is 279 g/mol. The Morgan fingerprint density at radius 3 is 2.47 bits per heavy atom. The van der Waals surface area contributed by atoms with Gasteiger partial charge in [0, 0.05) is 12.4 Å². The number of anilines is 1. The monoisotopic (exact) mass is 288 g/mol. The Bertz CT molecular complexity index is 582. The number of nitrogens with one attached hydrogen (secondary N) is 1. The molecule has 0 unspecified atom stereocenters. The summed E-state index contributed by atoms with van der Waals surface area (Å²) in [5.74, 6) is 0.820. The molecule has 1 N–H and O–H groups in total. The van der Waals surface area contributed by atoms with Gasteiger partial charge in [-0.05, 0) is 24.1 Å². The molecule has 17 heavy (non-hydrogen) atoms. The van der Waals surface area contributed by atoms with E-state index in [0.717, 1.165) is 23.2 Å². The van der Waals surface area contributed by atoms with Crippen LogP contribution in [0, 0.1) is 0 Å². The van der Waals surface area contributed by atoms with Gasteiger partial charge in [-0.1, -0.05) is 41.7 Å². The molecule has 90 valence electrons. The summed E-state index contributed by atoms with van der Waals surface area (Å²) < 4.78 is 0. The van der Waals surface area contributed by atoms with Crippen LogP contribution in [0.5, 0.6) is 0 Å². The zero-order valence-corrected chi connectivity index (χ0v) is 11.7. The van der Waals surface area contributed by atoms with E-state index in [-0.39, 0.29) is 0 Å². The second-order valence-corrected chi connectivity index (χ2v) is 4.84. The molecule has 0 fully saturated rings. The molecule has 1 aromatic heterocycles. The maximum atomic E-state index is 6.17. The molecule has 0 aliphatic carbocycles. The van der Waals surface area contributed by atoms with Gasteiger partial charge in [0.15, 0.2) is 0 Å². The van der Waals surface area contributed by atoms with Crippen LogP contribution in [0.4, 0.5) is 5.82 Å².